The van der Waals surface area contributed by atoms with E-state index in [1.54, 1.807) is 4.90 Å². The van der Waals surface area contributed by atoms with Gasteiger partial charge < -0.3 is 14.9 Å². The fraction of sp³-hybridized carbons (Fsp3) is 0.636. The largest absolute Gasteiger partial charge is 0.391 e. The van der Waals surface area contributed by atoms with Crippen molar-refractivity contribution in [3.63, 3.8) is 0 Å². The average Bonchev–Trinajstić information content (AvgIpc) is 2.97. The highest BCUT2D eigenvalue weighted by molar-refractivity contribution is 7.16. The van der Waals surface area contributed by atoms with E-state index in [0.717, 1.165) is 25.9 Å². The summed E-state index contributed by atoms with van der Waals surface area (Å²) in [4.78, 5) is 20.4. The lowest BCUT2D eigenvalue weighted by molar-refractivity contribution is -0.128. The third-order valence-corrected chi connectivity index (χ3v) is 4.52. The molecule has 0 aromatic carbocycles. The number of anilines is 1. The fourth-order valence-electron chi connectivity index (χ4n) is 1.92. The van der Waals surface area contributed by atoms with E-state index in [1.165, 1.54) is 11.3 Å². The van der Waals surface area contributed by atoms with Crippen LogP contribution in [-0.2, 0) is 11.4 Å². The second-order valence-electron chi connectivity index (χ2n) is 4.31. The molecule has 1 aromatic heterocycles. The molecule has 0 atom stereocenters. The summed E-state index contributed by atoms with van der Waals surface area (Å²) in [5, 5.41) is 10.0. The molecule has 1 fully saturated rings. The highest BCUT2D eigenvalue weighted by Gasteiger charge is 2.21. The molecular weight excluding hydrogens is 274 g/mol. The number of thiazole rings is 1. The topological polar surface area (TPSA) is 56.7 Å². The van der Waals surface area contributed by atoms with Crippen LogP contribution in [-0.4, -0.2) is 47.6 Å². The molecule has 7 heteroatoms. The number of aliphatic hydroxyl groups is 1. The predicted molar refractivity (Wildman–Crippen MR) is 72.1 cm³/mol. The molecule has 18 heavy (non-hydrogen) atoms. The molecule has 1 aromatic rings. The Morgan fingerprint density at radius 1 is 1.56 bits per heavy atom. The minimum Gasteiger partial charge on any atom is -0.391 e. The number of aliphatic hydroxyl groups excluding tert-OH is 1. The third kappa shape index (κ3) is 2.93. The van der Waals surface area contributed by atoms with Gasteiger partial charge in [0.25, 0.3) is 0 Å². The summed E-state index contributed by atoms with van der Waals surface area (Å²) >= 11 is 7.18. The van der Waals surface area contributed by atoms with E-state index in [1.807, 2.05) is 11.9 Å². The van der Waals surface area contributed by atoms with Crippen molar-refractivity contribution in [1.82, 2.24) is 9.88 Å². The standard InChI is InChI=1S/C11H16ClN3O2S/c1-14(6-9(17)15-4-2-3-5-15)11-13-10(12)8(7-16)18-11/h16H,2-7H2,1H3. The Bertz CT molecular complexity index is 432. The maximum absolute atomic E-state index is 12.0. The second-order valence-corrected chi connectivity index (χ2v) is 5.73. The SMILES string of the molecule is CN(CC(=O)N1CCCC1)c1nc(Cl)c(CO)s1. The highest BCUT2D eigenvalue weighted by atomic mass is 35.5. The molecule has 1 saturated heterocycles. The van der Waals surface area contributed by atoms with E-state index in [0.29, 0.717) is 21.7 Å². The van der Waals surface area contributed by atoms with Gasteiger partial charge in [0.05, 0.1) is 18.0 Å². The third-order valence-electron chi connectivity index (χ3n) is 2.94. The van der Waals surface area contributed by atoms with E-state index in [-0.39, 0.29) is 12.5 Å². The molecule has 100 valence electrons. The number of hydrogen-bond donors (Lipinski definition) is 1. The monoisotopic (exact) mass is 289 g/mol. The van der Waals surface area contributed by atoms with E-state index >= 15 is 0 Å². The average molecular weight is 290 g/mol. The Labute approximate surface area is 115 Å². The van der Waals surface area contributed by atoms with Crippen LogP contribution in [0.15, 0.2) is 0 Å². The summed E-state index contributed by atoms with van der Waals surface area (Å²) in [5.74, 6) is 0.117. The zero-order valence-corrected chi connectivity index (χ0v) is 11.8. The van der Waals surface area contributed by atoms with Gasteiger partial charge in [-0.1, -0.05) is 22.9 Å². The number of likely N-dealkylation sites (N-methyl/N-ethyl adjacent to an activating group) is 1. The lowest BCUT2D eigenvalue weighted by Gasteiger charge is -2.20. The molecule has 0 spiro atoms. The number of aromatic nitrogens is 1. The summed E-state index contributed by atoms with van der Waals surface area (Å²) in [7, 11) is 1.81. The molecule has 2 rings (SSSR count). The first-order chi connectivity index (χ1) is 8.61. The van der Waals surface area contributed by atoms with Gasteiger partial charge in [0.15, 0.2) is 5.13 Å². The van der Waals surface area contributed by atoms with Crippen LogP contribution >= 0.6 is 22.9 Å². The van der Waals surface area contributed by atoms with Crippen molar-refractivity contribution in [1.29, 1.82) is 0 Å². The van der Waals surface area contributed by atoms with Gasteiger partial charge in [-0.05, 0) is 12.8 Å². The van der Waals surface area contributed by atoms with E-state index in [9.17, 15) is 4.79 Å². The Morgan fingerprint density at radius 3 is 2.78 bits per heavy atom. The van der Waals surface area contributed by atoms with Crippen molar-refractivity contribution in [3.05, 3.63) is 10.0 Å². The number of nitrogens with zero attached hydrogens (tertiary/aromatic N) is 3. The normalized spacial score (nSPS) is 15.2. The van der Waals surface area contributed by atoms with Crippen molar-refractivity contribution in [2.75, 3.05) is 31.6 Å². The van der Waals surface area contributed by atoms with Crippen LogP contribution in [0.25, 0.3) is 0 Å². The number of likely N-dealkylation sites (tertiary alicyclic amines) is 1. The molecule has 1 amide bonds. The van der Waals surface area contributed by atoms with Crippen molar-refractivity contribution < 1.29 is 9.90 Å². The molecule has 2 heterocycles. The molecule has 0 saturated carbocycles. The van der Waals surface area contributed by atoms with Crippen molar-refractivity contribution in [2.45, 2.75) is 19.4 Å². The molecule has 5 nitrogen and oxygen atoms in total. The molecule has 0 aliphatic carbocycles. The van der Waals surface area contributed by atoms with Crippen molar-refractivity contribution in [3.8, 4) is 0 Å². The first-order valence-corrected chi connectivity index (χ1v) is 7.06. The Hall–Kier alpha value is -0.850. The molecule has 1 aliphatic heterocycles. The molecule has 0 unspecified atom stereocenters. The number of amides is 1. The summed E-state index contributed by atoms with van der Waals surface area (Å²) in [5.41, 5.74) is 0. The maximum atomic E-state index is 12.0. The molecule has 1 aliphatic rings. The lowest BCUT2D eigenvalue weighted by Crippen LogP contribution is -2.37. The van der Waals surface area contributed by atoms with Crippen LogP contribution in [0.2, 0.25) is 5.15 Å². The van der Waals surface area contributed by atoms with Crippen LogP contribution in [0.3, 0.4) is 0 Å². The van der Waals surface area contributed by atoms with Crippen LogP contribution < -0.4 is 4.90 Å². The number of carbonyl (C=O) groups is 1. The van der Waals surface area contributed by atoms with Crippen molar-refractivity contribution >= 4 is 34.0 Å². The van der Waals surface area contributed by atoms with E-state index in [2.05, 4.69) is 4.98 Å². The number of rotatable bonds is 4. The molecular formula is C11H16ClN3O2S. The van der Waals surface area contributed by atoms with Gasteiger partial charge in [-0.15, -0.1) is 0 Å². The second kappa shape index (κ2) is 5.86. The van der Waals surface area contributed by atoms with Crippen LogP contribution in [0.4, 0.5) is 5.13 Å². The maximum Gasteiger partial charge on any atom is 0.242 e. The van der Waals surface area contributed by atoms with Gasteiger partial charge >= 0.3 is 0 Å². The van der Waals surface area contributed by atoms with Gasteiger partial charge in [-0.25, -0.2) is 4.98 Å². The molecule has 0 bridgehead atoms. The van der Waals surface area contributed by atoms with Gasteiger partial charge in [-0.3, -0.25) is 4.79 Å². The van der Waals surface area contributed by atoms with E-state index < -0.39 is 0 Å². The highest BCUT2D eigenvalue weighted by Crippen LogP contribution is 2.28. The smallest absolute Gasteiger partial charge is 0.242 e. The molecule has 1 N–H and O–H groups in total. The lowest BCUT2D eigenvalue weighted by atomic mass is 10.4. The first-order valence-electron chi connectivity index (χ1n) is 5.87. The van der Waals surface area contributed by atoms with Gasteiger partial charge in [-0.2, -0.15) is 0 Å². The first kappa shape index (κ1) is 13.6. The Kier molecular flexibility index (Phi) is 4.42. The quantitative estimate of drug-likeness (QED) is 0.909. The Morgan fingerprint density at radius 2 is 2.22 bits per heavy atom. The van der Waals surface area contributed by atoms with E-state index in [4.69, 9.17) is 16.7 Å². The fourth-order valence-corrected chi connectivity index (χ4v) is 3.00. The van der Waals surface area contributed by atoms with Gasteiger partial charge in [0.2, 0.25) is 5.91 Å². The minimum atomic E-state index is -0.121. The summed E-state index contributed by atoms with van der Waals surface area (Å²) in [6.45, 7) is 1.89. The van der Waals surface area contributed by atoms with Gasteiger partial charge in [0, 0.05) is 20.1 Å². The number of halogens is 1. The molecule has 0 radical (unpaired) electrons. The summed E-state index contributed by atoms with van der Waals surface area (Å²) in [6.07, 6.45) is 2.18. The van der Waals surface area contributed by atoms with Gasteiger partial charge in [0.1, 0.15) is 5.15 Å². The zero-order chi connectivity index (χ0) is 13.1. The zero-order valence-electron chi connectivity index (χ0n) is 10.2. The minimum absolute atomic E-state index is 0.117. The Balaban J connectivity index is 1.97. The number of hydrogen-bond acceptors (Lipinski definition) is 5. The van der Waals surface area contributed by atoms with Crippen molar-refractivity contribution in [2.24, 2.45) is 0 Å². The summed E-state index contributed by atoms with van der Waals surface area (Å²) < 4.78 is 0. The predicted octanol–water partition coefficient (Wildman–Crippen LogP) is 1.35. The number of carbonyl (C=O) groups excluding carboxylic acids is 1. The van der Waals surface area contributed by atoms with Crippen LogP contribution in [0.5, 0.6) is 0 Å². The van der Waals surface area contributed by atoms with Crippen LogP contribution in [0.1, 0.15) is 17.7 Å². The summed E-state index contributed by atoms with van der Waals surface area (Å²) in [6, 6.07) is 0. The van der Waals surface area contributed by atoms with Crippen LogP contribution in [0, 0.1) is 0 Å².